The number of ketones is 1. The quantitative estimate of drug-likeness (QED) is 0.521. The van der Waals surface area contributed by atoms with E-state index in [0.29, 0.717) is 12.5 Å². The van der Waals surface area contributed by atoms with Crippen molar-refractivity contribution in [3.8, 4) is 0 Å². The molecular formula is C7H11NO. The monoisotopic (exact) mass is 125 g/mol. The van der Waals surface area contributed by atoms with E-state index in [2.05, 4.69) is 4.99 Å². The van der Waals surface area contributed by atoms with Gasteiger partial charge in [-0.3, -0.25) is 9.79 Å². The van der Waals surface area contributed by atoms with Crippen molar-refractivity contribution in [2.45, 2.75) is 32.2 Å². The lowest BCUT2D eigenvalue weighted by molar-refractivity contribution is -0.112. The van der Waals surface area contributed by atoms with Gasteiger partial charge in [-0.15, -0.1) is 0 Å². The first-order valence-electron chi connectivity index (χ1n) is 3.39. The van der Waals surface area contributed by atoms with Crippen LogP contribution in [0.4, 0.5) is 0 Å². The zero-order valence-corrected chi connectivity index (χ0v) is 5.63. The fourth-order valence-corrected chi connectivity index (χ4v) is 0.503. The van der Waals surface area contributed by atoms with Gasteiger partial charge in [0.1, 0.15) is 0 Å². The van der Waals surface area contributed by atoms with Crippen LogP contribution in [0, 0.1) is 0 Å². The van der Waals surface area contributed by atoms with E-state index in [0.717, 1.165) is 0 Å². The third-order valence-corrected chi connectivity index (χ3v) is 1.32. The summed E-state index contributed by atoms with van der Waals surface area (Å²) in [6.07, 6.45) is 4.40. The molecule has 0 N–H and O–H groups in total. The van der Waals surface area contributed by atoms with Crippen LogP contribution >= 0.6 is 0 Å². The van der Waals surface area contributed by atoms with Gasteiger partial charge in [-0.1, -0.05) is 6.92 Å². The molecule has 1 fully saturated rings. The Kier molecular flexibility index (Phi) is 1.98. The van der Waals surface area contributed by atoms with E-state index in [9.17, 15) is 4.79 Å². The van der Waals surface area contributed by atoms with Gasteiger partial charge in [-0.25, -0.2) is 0 Å². The number of hydrogen-bond acceptors (Lipinski definition) is 2. The largest absolute Gasteiger partial charge is 0.293 e. The highest BCUT2D eigenvalue weighted by Gasteiger charge is 2.18. The van der Waals surface area contributed by atoms with E-state index in [1.165, 1.54) is 19.1 Å². The molecule has 0 bridgehead atoms. The standard InChI is InChI=1S/C7H11NO/c1-2-7(9)5-8-6-3-4-6/h5-6H,2-4H2,1H3. The molecule has 0 heterocycles. The zero-order chi connectivity index (χ0) is 6.69. The van der Waals surface area contributed by atoms with E-state index in [4.69, 9.17) is 0 Å². The van der Waals surface area contributed by atoms with Gasteiger partial charge in [-0.05, 0) is 12.8 Å². The van der Waals surface area contributed by atoms with Crippen LogP contribution in [-0.2, 0) is 4.79 Å². The summed E-state index contributed by atoms with van der Waals surface area (Å²) in [4.78, 5) is 14.6. The number of Topliss-reactive ketones (excluding diaryl/α,β-unsaturated/α-hetero) is 1. The maximum atomic E-state index is 10.6. The molecule has 0 aliphatic heterocycles. The molecule has 0 amide bonds. The molecule has 2 nitrogen and oxygen atoms in total. The number of aliphatic imine (C=N–C) groups is 1. The Morgan fingerprint density at radius 2 is 2.44 bits per heavy atom. The van der Waals surface area contributed by atoms with Crippen molar-refractivity contribution >= 4 is 12.0 Å². The molecule has 1 rings (SSSR count). The molecule has 0 aromatic carbocycles. The third kappa shape index (κ3) is 2.40. The van der Waals surface area contributed by atoms with Crippen molar-refractivity contribution in [3.63, 3.8) is 0 Å². The molecule has 0 spiro atoms. The molecule has 1 aliphatic carbocycles. The van der Waals surface area contributed by atoms with Crippen LogP contribution in [0.15, 0.2) is 4.99 Å². The molecule has 9 heavy (non-hydrogen) atoms. The highest BCUT2D eigenvalue weighted by atomic mass is 16.1. The average molecular weight is 125 g/mol. The number of carbonyl (C=O) groups excluding carboxylic acids is 1. The minimum atomic E-state index is 0.141. The molecule has 0 atom stereocenters. The molecule has 1 aliphatic rings. The smallest absolute Gasteiger partial charge is 0.173 e. The minimum Gasteiger partial charge on any atom is -0.293 e. The molecule has 0 aromatic heterocycles. The number of hydrogen-bond donors (Lipinski definition) is 0. The fourth-order valence-electron chi connectivity index (χ4n) is 0.503. The Morgan fingerprint density at radius 1 is 1.78 bits per heavy atom. The highest BCUT2D eigenvalue weighted by molar-refractivity contribution is 6.27. The third-order valence-electron chi connectivity index (χ3n) is 1.32. The molecule has 1 saturated carbocycles. The van der Waals surface area contributed by atoms with E-state index >= 15 is 0 Å². The first-order valence-corrected chi connectivity index (χ1v) is 3.39. The first-order chi connectivity index (χ1) is 4.33. The van der Waals surface area contributed by atoms with Crippen LogP contribution in [0.1, 0.15) is 26.2 Å². The lowest BCUT2D eigenvalue weighted by Crippen LogP contribution is -1.96. The molecule has 0 aromatic rings. The maximum Gasteiger partial charge on any atom is 0.173 e. The molecule has 2 heteroatoms. The molecule has 0 saturated heterocycles. The summed E-state index contributed by atoms with van der Waals surface area (Å²) >= 11 is 0. The van der Waals surface area contributed by atoms with Crippen molar-refractivity contribution in [2.24, 2.45) is 4.99 Å². The van der Waals surface area contributed by atoms with Gasteiger partial charge in [0.25, 0.3) is 0 Å². The summed E-state index contributed by atoms with van der Waals surface area (Å²) in [5.41, 5.74) is 0. The van der Waals surface area contributed by atoms with Crippen LogP contribution in [0.25, 0.3) is 0 Å². The van der Waals surface area contributed by atoms with Crippen molar-refractivity contribution in [3.05, 3.63) is 0 Å². The number of nitrogens with zero attached hydrogens (tertiary/aromatic N) is 1. The SMILES string of the molecule is CCC(=O)C=NC1CC1. The Labute approximate surface area is 55.0 Å². The van der Waals surface area contributed by atoms with Crippen LogP contribution in [0.3, 0.4) is 0 Å². The van der Waals surface area contributed by atoms with Gasteiger partial charge in [0, 0.05) is 6.42 Å². The highest BCUT2D eigenvalue weighted by Crippen LogP contribution is 2.22. The second-order valence-corrected chi connectivity index (χ2v) is 2.33. The Bertz CT molecular complexity index is 136. The average Bonchev–Trinajstić information content (AvgIpc) is 2.65. The maximum absolute atomic E-state index is 10.6. The van der Waals surface area contributed by atoms with Crippen molar-refractivity contribution < 1.29 is 4.79 Å². The van der Waals surface area contributed by atoms with Crippen molar-refractivity contribution in [2.75, 3.05) is 0 Å². The predicted molar refractivity (Wildman–Crippen MR) is 36.8 cm³/mol. The second kappa shape index (κ2) is 2.76. The van der Waals surface area contributed by atoms with Gasteiger partial charge in [0.05, 0.1) is 12.3 Å². The van der Waals surface area contributed by atoms with Gasteiger partial charge in [0.15, 0.2) is 5.78 Å². The fraction of sp³-hybridized carbons (Fsp3) is 0.714. The lowest BCUT2D eigenvalue weighted by Gasteiger charge is -1.82. The van der Waals surface area contributed by atoms with E-state index in [1.54, 1.807) is 0 Å². The van der Waals surface area contributed by atoms with Gasteiger partial charge in [0.2, 0.25) is 0 Å². The minimum absolute atomic E-state index is 0.141. The van der Waals surface area contributed by atoms with Crippen LogP contribution in [0.5, 0.6) is 0 Å². The van der Waals surface area contributed by atoms with E-state index in [1.807, 2.05) is 6.92 Å². The molecule has 0 unspecified atom stereocenters. The number of rotatable bonds is 3. The predicted octanol–water partition coefficient (Wildman–Crippen LogP) is 1.20. The Hall–Kier alpha value is -0.660. The number of carbonyl (C=O) groups is 1. The normalized spacial score (nSPS) is 18.8. The summed E-state index contributed by atoms with van der Waals surface area (Å²) in [5.74, 6) is 0.141. The molecule has 50 valence electrons. The summed E-state index contributed by atoms with van der Waals surface area (Å²) in [7, 11) is 0. The van der Waals surface area contributed by atoms with Gasteiger partial charge < -0.3 is 0 Å². The van der Waals surface area contributed by atoms with Gasteiger partial charge >= 0.3 is 0 Å². The molecule has 0 radical (unpaired) electrons. The van der Waals surface area contributed by atoms with Crippen molar-refractivity contribution in [1.29, 1.82) is 0 Å². The van der Waals surface area contributed by atoms with Gasteiger partial charge in [-0.2, -0.15) is 0 Å². The van der Waals surface area contributed by atoms with Crippen LogP contribution in [0.2, 0.25) is 0 Å². The molecular weight excluding hydrogens is 114 g/mol. The topological polar surface area (TPSA) is 29.4 Å². The summed E-state index contributed by atoms with van der Waals surface area (Å²) in [5, 5.41) is 0. The summed E-state index contributed by atoms with van der Waals surface area (Å²) < 4.78 is 0. The lowest BCUT2D eigenvalue weighted by atomic mass is 10.3. The Morgan fingerprint density at radius 3 is 2.89 bits per heavy atom. The zero-order valence-electron chi connectivity index (χ0n) is 5.63. The first kappa shape index (κ1) is 6.46. The van der Waals surface area contributed by atoms with E-state index in [-0.39, 0.29) is 5.78 Å². The summed E-state index contributed by atoms with van der Waals surface area (Å²) in [6.45, 7) is 1.85. The van der Waals surface area contributed by atoms with Crippen LogP contribution < -0.4 is 0 Å². The van der Waals surface area contributed by atoms with Crippen molar-refractivity contribution in [1.82, 2.24) is 0 Å². The summed E-state index contributed by atoms with van der Waals surface area (Å²) in [6, 6.07) is 0.487. The van der Waals surface area contributed by atoms with E-state index < -0.39 is 0 Å². The second-order valence-electron chi connectivity index (χ2n) is 2.33. The Balaban J connectivity index is 2.20. The van der Waals surface area contributed by atoms with Crippen LogP contribution in [-0.4, -0.2) is 18.0 Å².